The van der Waals surface area contributed by atoms with Crippen LogP contribution in [0, 0.1) is 0 Å². The van der Waals surface area contributed by atoms with Crippen LogP contribution in [-0.2, 0) is 17.8 Å². The summed E-state index contributed by atoms with van der Waals surface area (Å²) in [4.78, 5) is 20.1. The second-order valence-electron chi connectivity index (χ2n) is 7.45. The molecule has 0 spiro atoms. The van der Waals surface area contributed by atoms with Gasteiger partial charge < -0.3 is 20.0 Å². The van der Waals surface area contributed by atoms with Crippen molar-refractivity contribution in [1.29, 1.82) is 0 Å². The first-order chi connectivity index (χ1) is 13.1. The monoisotopic (exact) mass is 367 g/mol. The summed E-state index contributed by atoms with van der Waals surface area (Å²) in [7, 11) is 1.91. The molecule has 142 valence electrons. The van der Waals surface area contributed by atoms with Gasteiger partial charge in [0.1, 0.15) is 6.23 Å². The first-order valence-corrected chi connectivity index (χ1v) is 9.45. The molecule has 27 heavy (non-hydrogen) atoms. The van der Waals surface area contributed by atoms with Gasteiger partial charge in [0.15, 0.2) is 0 Å². The Morgan fingerprint density at radius 1 is 1.15 bits per heavy atom. The summed E-state index contributed by atoms with van der Waals surface area (Å²) in [6.07, 6.45) is 5.99. The molecule has 1 unspecified atom stereocenters. The first-order valence-electron chi connectivity index (χ1n) is 9.45. The molecular weight excluding hydrogens is 342 g/mol. The predicted molar refractivity (Wildman–Crippen MR) is 103 cm³/mol. The number of nitrogens with zero attached hydrogens (tertiary/aromatic N) is 3. The molecule has 0 aliphatic carbocycles. The van der Waals surface area contributed by atoms with Crippen LogP contribution in [0.2, 0.25) is 0 Å². The summed E-state index contributed by atoms with van der Waals surface area (Å²) in [6, 6.07) is 8.23. The summed E-state index contributed by atoms with van der Waals surface area (Å²) in [5.74, 6) is 0.0924. The van der Waals surface area contributed by atoms with E-state index in [4.69, 9.17) is 0 Å². The maximum absolute atomic E-state index is 12.1. The van der Waals surface area contributed by atoms with Crippen LogP contribution in [0.4, 0.5) is 5.69 Å². The minimum Gasteiger partial charge on any atom is -0.394 e. The Morgan fingerprint density at radius 3 is 2.81 bits per heavy atom. The number of aryl methyl sites for hydroxylation is 1. The van der Waals surface area contributed by atoms with E-state index < -0.39 is 6.23 Å². The van der Waals surface area contributed by atoms with E-state index in [0.717, 1.165) is 35.2 Å². The molecule has 1 amide bonds. The lowest BCUT2D eigenvalue weighted by atomic mass is 9.96. The van der Waals surface area contributed by atoms with E-state index in [1.54, 1.807) is 11.1 Å². The number of amides is 1. The van der Waals surface area contributed by atoms with Gasteiger partial charge in [-0.3, -0.25) is 9.78 Å². The Hall–Kier alpha value is -2.44. The molecule has 6 heteroatoms. The highest BCUT2D eigenvalue weighted by Crippen LogP contribution is 2.33. The first kappa shape index (κ1) is 17.9. The minimum absolute atomic E-state index is 0.00303. The molecule has 1 fully saturated rings. The van der Waals surface area contributed by atoms with Crippen LogP contribution in [0.25, 0.3) is 11.1 Å². The van der Waals surface area contributed by atoms with Gasteiger partial charge in [-0.15, -0.1) is 0 Å². The maximum Gasteiger partial charge on any atom is 0.223 e. The van der Waals surface area contributed by atoms with E-state index in [1.807, 2.05) is 30.3 Å². The molecule has 1 aromatic carbocycles. The van der Waals surface area contributed by atoms with E-state index in [2.05, 4.69) is 17.1 Å². The molecule has 1 aromatic heterocycles. The third-order valence-electron chi connectivity index (χ3n) is 5.72. The third-order valence-corrected chi connectivity index (χ3v) is 5.72. The van der Waals surface area contributed by atoms with Crippen molar-refractivity contribution in [2.75, 3.05) is 18.6 Å². The number of aliphatic hydroxyl groups is 2. The highest BCUT2D eigenvalue weighted by molar-refractivity contribution is 5.79. The van der Waals surface area contributed by atoms with Crippen LogP contribution in [0.5, 0.6) is 0 Å². The Balaban J connectivity index is 1.59. The van der Waals surface area contributed by atoms with Crippen molar-refractivity contribution in [3.05, 3.63) is 47.8 Å². The van der Waals surface area contributed by atoms with Crippen molar-refractivity contribution in [1.82, 2.24) is 9.88 Å². The van der Waals surface area contributed by atoms with Gasteiger partial charge in [0.25, 0.3) is 0 Å². The number of pyridine rings is 1. The highest BCUT2D eigenvalue weighted by atomic mass is 16.3. The van der Waals surface area contributed by atoms with Crippen molar-refractivity contribution in [2.45, 2.75) is 44.5 Å². The molecule has 4 rings (SSSR count). The summed E-state index contributed by atoms with van der Waals surface area (Å²) in [5, 5.41) is 19.5. The van der Waals surface area contributed by atoms with Gasteiger partial charge in [0.05, 0.1) is 12.6 Å². The second kappa shape index (κ2) is 7.29. The molecule has 2 N–H and O–H groups in total. The van der Waals surface area contributed by atoms with E-state index in [0.29, 0.717) is 19.4 Å². The van der Waals surface area contributed by atoms with E-state index in [-0.39, 0.29) is 18.6 Å². The Kier molecular flexibility index (Phi) is 4.85. The Labute approximate surface area is 159 Å². The molecule has 2 aliphatic rings. The van der Waals surface area contributed by atoms with Crippen LogP contribution in [0.3, 0.4) is 0 Å². The molecule has 0 bridgehead atoms. The largest absolute Gasteiger partial charge is 0.394 e. The molecule has 0 saturated carbocycles. The number of fused-ring (bicyclic) bond motifs is 1. The number of carbonyl (C=O) groups is 1. The number of carbonyl (C=O) groups excluding carboxylic acids is 1. The molecule has 0 radical (unpaired) electrons. The molecule has 6 nitrogen and oxygen atoms in total. The van der Waals surface area contributed by atoms with Crippen LogP contribution in [0.15, 0.2) is 36.7 Å². The van der Waals surface area contributed by atoms with Gasteiger partial charge >= 0.3 is 0 Å². The Morgan fingerprint density at radius 2 is 2.00 bits per heavy atom. The zero-order chi connectivity index (χ0) is 19.0. The number of hydrogen-bond donors (Lipinski definition) is 2. The van der Waals surface area contributed by atoms with Gasteiger partial charge in [-0.25, -0.2) is 0 Å². The van der Waals surface area contributed by atoms with Gasteiger partial charge in [0, 0.05) is 43.7 Å². The number of aliphatic hydroxyl groups excluding tert-OH is 2. The summed E-state index contributed by atoms with van der Waals surface area (Å²) in [6.45, 7) is 0.480. The van der Waals surface area contributed by atoms with Crippen LogP contribution in [0.1, 0.15) is 30.4 Å². The molecule has 2 atom stereocenters. The minimum atomic E-state index is -0.425. The van der Waals surface area contributed by atoms with E-state index in [1.165, 1.54) is 5.56 Å². The van der Waals surface area contributed by atoms with Crippen molar-refractivity contribution >= 4 is 11.6 Å². The fraction of sp³-hybridized carbons (Fsp3) is 0.429. The average Bonchev–Trinajstić information content (AvgIpc) is 3.04. The lowest BCUT2D eigenvalue weighted by Crippen LogP contribution is -2.35. The van der Waals surface area contributed by atoms with Gasteiger partial charge in [-0.2, -0.15) is 0 Å². The third kappa shape index (κ3) is 3.42. The lowest BCUT2D eigenvalue weighted by molar-refractivity contribution is -0.130. The number of hydrogen-bond acceptors (Lipinski definition) is 5. The topological polar surface area (TPSA) is 76.9 Å². The van der Waals surface area contributed by atoms with Crippen LogP contribution < -0.4 is 4.90 Å². The fourth-order valence-electron chi connectivity index (χ4n) is 4.08. The van der Waals surface area contributed by atoms with Gasteiger partial charge in [-0.1, -0.05) is 6.07 Å². The zero-order valence-corrected chi connectivity index (χ0v) is 15.5. The van der Waals surface area contributed by atoms with Crippen molar-refractivity contribution in [3.63, 3.8) is 0 Å². The SMILES string of the molecule is CN1c2ccc(-c3cncc(CN4C(=O)CC[C@H]4CO)c3)cc2CCC1O. The highest BCUT2D eigenvalue weighted by Gasteiger charge is 2.30. The molecule has 1 saturated heterocycles. The van der Waals surface area contributed by atoms with Crippen molar-refractivity contribution < 1.29 is 15.0 Å². The Bertz CT molecular complexity index is 854. The quantitative estimate of drug-likeness (QED) is 0.864. The van der Waals surface area contributed by atoms with E-state index >= 15 is 0 Å². The van der Waals surface area contributed by atoms with Crippen molar-refractivity contribution in [3.8, 4) is 11.1 Å². The zero-order valence-electron chi connectivity index (χ0n) is 15.5. The maximum atomic E-state index is 12.1. The molecule has 2 aliphatic heterocycles. The summed E-state index contributed by atoms with van der Waals surface area (Å²) < 4.78 is 0. The summed E-state index contributed by atoms with van der Waals surface area (Å²) in [5.41, 5.74) is 5.35. The normalized spacial score (nSPS) is 22.3. The lowest BCUT2D eigenvalue weighted by Gasteiger charge is -2.32. The molecule has 3 heterocycles. The number of aromatic nitrogens is 1. The summed E-state index contributed by atoms with van der Waals surface area (Å²) >= 11 is 0. The van der Waals surface area contributed by atoms with Crippen molar-refractivity contribution in [2.24, 2.45) is 0 Å². The number of benzene rings is 1. The predicted octanol–water partition coefficient (Wildman–Crippen LogP) is 1.93. The van der Waals surface area contributed by atoms with Gasteiger partial charge in [0.2, 0.25) is 5.91 Å². The van der Waals surface area contributed by atoms with E-state index in [9.17, 15) is 15.0 Å². The smallest absolute Gasteiger partial charge is 0.223 e. The van der Waals surface area contributed by atoms with Gasteiger partial charge in [-0.05, 0) is 54.2 Å². The second-order valence-corrected chi connectivity index (χ2v) is 7.45. The number of rotatable bonds is 4. The standard InChI is InChI=1S/C21H25N3O3/c1-23-19-5-2-15(9-16(19)3-6-20(23)26)17-8-14(10-22-11-17)12-24-18(13-25)4-7-21(24)27/h2,5,8-11,18,20,25-26H,3-4,6-7,12-13H2,1H3/t18-,20?/m0/s1. The average molecular weight is 367 g/mol. The molecular formula is C21H25N3O3. The molecule has 2 aromatic rings. The number of likely N-dealkylation sites (tertiary alicyclic amines) is 1. The number of anilines is 1. The van der Waals surface area contributed by atoms with Crippen LogP contribution >= 0.6 is 0 Å². The fourth-order valence-corrected chi connectivity index (χ4v) is 4.08. The van der Waals surface area contributed by atoms with Crippen LogP contribution in [-0.4, -0.2) is 51.9 Å².